The number of hydrogen-bond donors (Lipinski definition) is 0. The molecule has 0 aromatic rings. The van der Waals surface area contributed by atoms with Gasteiger partial charge in [-0.1, -0.05) is 0 Å². The molecule has 0 spiro atoms. The van der Waals surface area contributed by atoms with E-state index in [0.717, 1.165) is 0 Å². The molecule has 0 aromatic heterocycles. The number of hydrogen-bond acceptors (Lipinski definition) is 3. The third kappa shape index (κ3) is 2.30. The molecule has 0 aromatic carbocycles. The quantitative estimate of drug-likeness (QED) is 0.693. The molecule has 3 nitrogen and oxygen atoms in total. The van der Waals surface area contributed by atoms with Gasteiger partial charge >= 0.3 is 61.7 Å². The summed E-state index contributed by atoms with van der Waals surface area (Å²) in [5, 5.41) is 0. The van der Waals surface area contributed by atoms with E-state index in [1.807, 2.05) is 0 Å². The normalized spacial score (nSPS) is 11.4. The van der Waals surface area contributed by atoms with Crippen LogP contribution in [0.4, 0.5) is 0 Å². The molecular weight excluding hydrogens is 199 g/mol. The first-order valence-corrected chi connectivity index (χ1v) is 6.96. The first-order valence-electron chi connectivity index (χ1n) is 2.53. The Morgan fingerprint density at radius 3 is 1.44 bits per heavy atom. The van der Waals surface area contributed by atoms with Crippen molar-refractivity contribution in [2.45, 2.75) is 0 Å². The third-order valence-corrected chi connectivity index (χ3v) is 6.53. The SMILES string of the molecule is C=[CH][Zr]([O]C)([O]C)[O]C. The fraction of sp³-hybridized carbons (Fsp3) is 0.600. The van der Waals surface area contributed by atoms with Gasteiger partial charge in [0.1, 0.15) is 0 Å². The molecule has 0 rings (SSSR count). The summed E-state index contributed by atoms with van der Waals surface area (Å²) < 4.78 is 16.7. The van der Waals surface area contributed by atoms with Crippen molar-refractivity contribution in [1.82, 2.24) is 0 Å². The van der Waals surface area contributed by atoms with Crippen molar-refractivity contribution in [2.24, 2.45) is 0 Å². The Labute approximate surface area is 61.9 Å². The van der Waals surface area contributed by atoms with E-state index in [0.29, 0.717) is 0 Å². The zero-order chi connectivity index (χ0) is 7.33. The summed E-state index contributed by atoms with van der Waals surface area (Å²) >= 11 is -3.12. The summed E-state index contributed by atoms with van der Waals surface area (Å²) in [6.07, 6.45) is 0. The van der Waals surface area contributed by atoms with Crippen LogP contribution in [-0.4, -0.2) is 21.3 Å². The maximum absolute atomic E-state index is 5.03. The molecule has 0 atom stereocenters. The predicted molar refractivity (Wildman–Crippen MR) is 31.2 cm³/mol. The van der Waals surface area contributed by atoms with Crippen LogP contribution in [0.3, 0.4) is 0 Å². The van der Waals surface area contributed by atoms with Crippen LogP contribution < -0.4 is 0 Å². The molecule has 0 aliphatic heterocycles. The molecule has 54 valence electrons. The summed E-state index contributed by atoms with van der Waals surface area (Å²) in [5.74, 6) is 0. The molecule has 0 N–H and O–H groups in total. The van der Waals surface area contributed by atoms with Gasteiger partial charge in [0.2, 0.25) is 0 Å². The van der Waals surface area contributed by atoms with Gasteiger partial charge in [0.15, 0.2) is 0 Å². The van der Waals surface area contributed by atoms with Crippen molar-refractivity contribution in [1.29, 1.82) is 0 Å². The van der Waals surface area contributed by atoms with Crippen LogP contribution in [-0.2, 0) is 30.0 Å². The fourth-order valence-electron chi connectivity index (χ4n) is 0.500. The van der Waals surface area contributed by atoms with Gasteiger partial charge in [-0.05, 0) is 0 Å². The van der Waals surface area contributed by atoms with E-state index >= 15 is 0 Å². The van der Waals surface area contributed by atoms with Crippen LogP contribution in [0.5, 0.6) is 0 Å². The van der Waals surface area contributed by atoms with Gasteiger partial charge in [0.25, 0.3) is 0 Å². The fourth-order valence-corrected chi connectivity index (χ4v) is 2.96. The molecule has 0 bridgehead atoms. The zero-order valence-corrected chi connectivity index (χ0v) is 8.47. The average molecular weight is 211 g/mol. The molecule has 0 unspecified atom stereocenters. The molecule has 0 saturated carbocycles. The maximum atomic E-state index is 5.03. The van der Waals surface area contributed by atoms with Crippen molar-refractivity contribution in [2.75, 3.05) is 21.3 Å². The van der Waals surface area contributed by atoms with Gasteiger partial charge in [-0.3, -0.25) is 0 Å². The summed E-state index contributed by atoms with van der Waals surface area (Å²) in [6, 6.07) is 0. The van der Waals surface area contributed by atoms with Crippen molar-refractivity contribution >= 4 is 0 Å². The molecule has 0 amide bonds. The molecule has 0 fully saturated rings. The zero-order valence-electron chi connectivity index (χ0n) is 6.01. The van der Waals surface area contributed by atoms with Gasteiger partial charge in [-0.15, -0.1) is 0 Å². The molecule has 0 radical (unpaired) electrons. The molecule has 0 aliphatic rings. The average Bonchev–Trinajstić information content (AvgIpc) is 1.95. The number of rotatable bonds is 4. The minimum atomic E-state index is -3.12. The van der Waals surface area contributed by atoms with Gasteiger partial charge in [0.05, 0.1) is 0 Å². The van der Waals surface area contributed by atoms with Gasteiger partial charge in [-0.25, -0.2) is 0 Å². The van der Waals surface area contributed by atoms with E-state index in [2.05, 4.69) is 6.58 Å². The molecule has 9 heavy (non-hydrogen) atoms. The van der Waals surface area contributed by atoms with E-state index in [1.54, 1.807) is 25.1 Å². The van der Waals surface area contributed by atoms with Crippen molar-refractivity contribution < 1.29 is 30.0 Å². The topological polar surface area (TPSA) is 27.7 Å². The Hall–Kier alpha value is 0.503. The van der Waals surface area contributed by atoms with Crippen LogP contribution in [0, 0.1) is 0 Å². The van der Waals surface area contributed by atoms with Crippen molar-refractivity contribution in [3.63, 3.8) is 0 Å². The van der Waals surface area contributed by atoms with E-state index in [-0.39, 0.29) is 0 Å². The molecule has 4 heteroatoms. The Balaban J connectivity index is 3.98. The molecule has 0 heterocycles. The van der Waals surface area contributed by atoms with Gasteiger partial charge in [-0.2, -0.15) is 0 Å². The third-order valence-electron chi connectivity index (χ3n) is 1.10. The first kappa shape index (κ1) is 9.50. The monoisotopic (exact) mass is 210 g/mol. The minimum absolute atomic E-state index is 1.57. The molecule has 0 aliphatic carbocycles. The van der Waals surface area contributed by atoms with E-state index < -0.39 is 21.6 Å². The Morgan fingerprint density at radius 1 is 1.11 bits per heavy atom. The van der Waals surface area contributed by atoms with Crippen molar-refractivity contribution in [3.05, 3.63) is 10.4 Å². The predicted octanol–water partition coefficient (Wildman–Crippen LogP) is 0.968. The van der Waals surface area contributed by atoms with E-state index in [4.69, 9.17) is 8.44 Å². The Kier molecular flexibility index (Phi) is 4.58. The summed E-state index contributed by atoms with van der Waals surface area (Å²) in [4.78, 5) is 0. The standard InChI is InChI=1S/C2H3.3CH3O.Zr/c4*1-2;/h1H,2H2;3*1H3;/q;3*-1;+3. The van der Waals surface area contributed by atoms with Crippen LogP contribution in [0.15, 0.2) is 10.4 Å². The Morgan fingerprint density at radius 2 is 1.44 bits per heavy atom. The van der Waals surface area contributed by atoms with Crippen LogP contribution in [0.1, 0.15) is 0 Å². The Bertz CT molecular complexity index is 81.9. The van der Waals surface area contributed by atoms with E-state index in [1.165, 1.54) is 0 Å². The van der Waals surface area contributed by atoms with Crippen LogP contribution in [0.25, 0.3) is 0 Å². The van der Waals surface area contributed by atoms with Crippen LogP contribution in [0.2, 0.25) is 0 Å². The second-order valence-electron chi connectivity index (χ2n) is 1.42. The van der Waals surface area contributed by atoms with Crippen LogP contribution >= 0.6 is 0 Å². The van der Waals surface area contributed by atoms with Crippen molar-refractivity contribution in [3.8, 4) is 0 Å². The van der Waals surface area contributed by atoms with Gasteiger partial charge < -0.3 is 0 Å². The van der Waals surface area contributed by atoms with Gasteiger partial charge in [0, 0.05) is 0 Å². The molecule has 0 saturated heterocycles. The first-order chi connectivity index (χ1) is 4.24. The second-order valence-corrected chi connectivity index (χ2v) is 8.40. The van der Waals surface area contributed by atoms with E-state index in [9.17, 15) is 0 Å². The summed E-state index contributed by atoms with van der Waals surface area (Å²) in [5.41, 5.74) is 0. The summed E-state index contributed by atoms with van der Waals surface area (Å²) in [6.45, 7) is 3.56. The summed E-state index contributed by atoms with van der Waals surface area (Å²) in [7, 11) is 4.72. The molecular formula is C5H12O3Zr. The second kappa shape index (κ2) is 4.34.